The highest BCUT2D eigenvalue weighted by Crippen LogP contribution is 2.24. The van der Waals surface area contributed by atoms with Crippen LogP contribution in [0.1, 0.15) is 23.5 Å². The average molecular weight is 375 g/mol. The molecular weight excluding hydrogens is 354 g/mol. The summed E-state index contributed by atoms with van der Waals surface area (Å²) >= 11 is 7.80. The molecule has 1 unspecified atom stereocenters. The first-order valence-electron chi connectivity index (χ1n) is 8.18. The summed E-state index contributed by atoms with van der Waals surface area (Å²) in [5, 5.41) is 4.61. The molecule has 3 rings (SSSR count). The van der Waals surface area contributed by atoms with Crippen molar-refractivity contribution in [3.05, 3.63) is 58.1 Å². The number of thiazole rings is 1. The number of halogens is 1. The van der Waals surface area contributed by atoms with Crippen molar-refractivity contribution < 1.29 is 9.69 Å². The van der Waals surface area contributed by atoms with Crippen molar-refractivity contribution in [2.75, 3.05) is 18.9 Å². The molecule has 0 bridgehead atoms. The maximum Gasteiger partial charge on any atom is 0.279 e. The molecule has 4 nitrogen and oxygen atoms in total. The summed E-state index contributed by atoms with van der Waals surface area (Å²) in [7, 11) is 2.01. The molecule has 0 aliphatic carbocycles. The van der Waals surface area contributed by atoms with E-state index in [1.165, 1.54) is 4.70 Å². The van der Waals surface area contributed by atoms with Crippen molar-refractivity contribution in [2.45, 2.75) is 19.9 Å². The Labute approximate surface area is 156 Å². The summed E-state index contributed by atoms with van der Waals surface area (Å²) in [5.41, 5.74) is 2.73. The van der Waals surface area contributed by atoms with Gasteiger partial charge in [-0.1, -0.05) is 29.8 Å². The molecule has 130 valence electrons. The Balaban J connectivity index is 1.64. The van der Waals surface area contributed by atoms with Crippen LogP contribution in [0.2, 0.25) is 5.02 Å². The van der Waals surface area contributed by atoms with E-state index in [1.54, 1.807) is 17.4 Å². The van der Waals surface area contributed by atoms with E-state index in [9.17, 15) is 4.79 Å². The number of quaternary nitrogens is 1. The van der Waals surface area contributed by atoms with Crippen LogP contribution in [0, 0.1) is 6.92 Å². The number of likely N-dealkylation sites (N-methyl/N-ethyl adjacent to an activating group) is 1. The van der Waals surface area contributed by atoms with Gasteiger partial charge < -0.3 is 10.2 Å². The SMILES string of the molecule is Cc1ccc(NC(=O)C[NH+](C)[C@@H](C)c2nc3ccccc3s2)cc1Cl. The lowest BCUT2D eigenvalue weighted by Gasteiger charge is -2.19. The molecular formula is C19H21ClN3OS+. The average Bonchev–Trinajstić information content (AvgIpc) is 3.01. The molecule has 0 saturated heterocycles. The number of nitrogens with one attached hydrogen (secondary N) is 2. The van der Waals surface area contributed by atoms with E-state index in [-0.39, 0.29) is 11.9 Å². The largest absolute Gasteiger partial charge is 0.322 e. The fourth-order valence-corrected chi connectivity index (χ4v) is 3.86. The normalized spacial score (nSPS) is 13.6. The van der Waals surface area contributed by atoms with Crippen LogP contribution in [-0.2, 0) is 4.79 Å². The monoisotopic (exact) mass is 374 g/mol. The maximum atomic E-state index is 12.3. The highest BCUT2D eigenvalue weighted by Gasteiger charge is 2.22. The lowest BCUT2D eigenvalue weighted by atomic mass is 10.2. The third-order valence-corrected chi connectivity index (χ3v) is 5.94. The number of rotatable bonds is 5. The summed E-state index contributed by atoms with van der Waals surface area (Å²) in [4.78, 5) is 18.1. The number of aromatic nitrogens is 1. The number of para-hydroxylation sites is 1. The van der Waals surface area contributed by atoms with Crippen LogP contribution in [-0.4, -0.2) is 24.5 Å². The first-order valence-corrected chi connectivity index (χ1v) is 9.37. The second-order valence-corrected chi connectivity index (χ2v) is 7.75. The predicted octanol–water partition coefficient (Wildman–Crippen LogP) is 3.47. The Morgan fingerprint density at radius 3 is 2.80 bits per heavy atom. The van der Waals surface area contributed by atoms with Crippen LogP contribution >= 0.6 is 22.9 Å². The van der Waals surface area contributed by atoms with Gasteiger partial charge in [0.1, 0.15) is 6.04 Å². The minimum absolute atomic E-state index is 0.0367. The zero-order valence-corrected chi connectivity index (χ0v) is 16.0. The third-order valence-electron chi connectivity index (χ3n) is 4.32. The van der Waals surface area contributed by atoms with Crippen LogP contribution in [0.25, 0.3) is 10.2 Å². The molecule has 2 N–H and O–H groups in total. The molecule has 25 heavy (non-hydrogen) atoms. The fourth-order valence-electron chi connectivity index (χ4n) is 2.57. The number of nitrogens with zero attached hydrogens (tertiary/aromatic N) is 1. The Kier molecular flexibility index (Phi) is 5.37. The second-order valence-electron chi connectivity index (χ2n) is 6.28. The minimum Gasteiger partial charge on any atom is -0.322 e. The van der Waals surface area contributed by atoms with Gasteiger partial charge in [0.15, 0.2) is 11.6 Å². The number of hydrogen-bond acceptors (Lipinski definition) is 3. The number of carbonyl (C=O) groups is 1. The van der Waals surface area contributed by atoms with Crippen molar-refractivity contribution >= 4 is 44.7 Å². The zero-order chi connectivity index (χ0) is 18.0. The summed E-state index contributed by atoms with van der Waals surface area (Å²) in [6, 6.07) is 13.8. The van der Waals surface area contributed by atoms with Crippen molar-refractivity contribution in [1.29, 1.82) is 0 Å². The topological polar surface area (TPSA) is 46.4 Å². The van der Waals surface area contributed by atoms with Gasteiger partial charge in [-0.3, -0.25) is 4.79 Å². The Morgan fingerprint density at radius 2 is 2.08 bits per heavy atom. The molecule has 0 spiro atoms. The molecule has 0 radical (unpaired) electrons. The molecule has 1 aromatic heterocycles. The van der Waals surface area contributed by atoms with E-state index in [0.29, 0.717) is 11.6 Å². The van der Waals surface area contributed by atoms with Gasteiger partial charge in [0.2, 0.25) is 0 Å². The molecule has 2 aromatic carbocycles. The number of aryl methyl sites for hydroxylation is 1. The summed E-state index contributed by atoms with van der Waals surface area (Å²) in [6.07, 6.45) is 0. The molecule has 2 atom stereocenters. The molecule has 1 amide bonds. The number of carbonyl (C=O) groups excluding carboxylic acids is 1. The van der Waals surface area contributed by atoms with E-state index in [1.807, 2.05) is 44.3 Å². The summed E-state index contributed by atoms with van der Waals surface area (Å²) in [6.45, 7) is 4.40. The third kappa shape index (κ3) is 4.18. The molecule has 3 aromatic rings. The number of anilines is 1. The zero-order valence-electron chi connectivity index (χ0n) is 14.5. The first kappa shape index (κ1) is 17.9. The summed E-state index contributed by atoms with van der Waals surface area (Å²) in [5.74, 6) is -0.0367. The predicted molar refractivity (Wildman–Crippen MR) is 105 cm³/mol. The van der Waals surface area contributed by atoms with E-state index in [4.69, 9.17) is 16.6 Å². The van der Waals surface area contributed by atoms with Crippen LogP contribution in [0.15, 0.2) is 42.5 Å². The standard InChI is InChI=1S/C19H20ClN3OS/c1-12-8-9-14(10-15(12)20)21-18(24)11-23(3)13(2)19-22-16-6-4-5-7-17(16)25-19/h4-10,13H,11H2,1-3H3,(H,21,24)/p+1/t13-/m0/s1. The molecule has 0 aliphatic heterocycles. The van der Waals surface area contributed by atoms with Crippen LogP contribution in [0.3, 0.4) is 0 Å². The van der Waals surface area contributed by atoms with Crippen LogP contribution in [0.5, 0.6) is 0 Å². The van der Waals surface area contributed by atoms with Crippen LogP contribution in [0.4, 0.5) is 5.69 Å². The Morgan fingerprint density at radius 1 is 1.32 bits per heavy atom. The van der Waals surface area contributed by atoms with E-state index in [2.05, 4.69) is 18.3 Å². The molecule has 0 saturated carbocycles. The molecule has 0 fully saturated rings. The number of hydrogen-bond donors (Lipinski definition) is 2. The van der Waals surface area contributed by atoms with Crippen molar-refractivity contribution in [2.24, 2.45) is 0 Å². The number of amides is 1. The Bertz CT molecular complexity index is 876. The van der Waals surface area contributed by atoms with Gasteiger partial charge in [0.05, 0.1) is 17.3 Å². The van der Waals surface area contributed by atoms with Gasteiger partial charge in [-0.05, 0) is 43.7 Å². The van der Waals surface area contributed by atoms with Gasteiger partial charge in [-0.2, -0.15) is 0 Å². The smallest absolute Gasteiger partial charge is 0.279 e. The van der Waals surface area contributed by atoms with Crippen molar-refractivity contribution in [3.8, 4) is 0 Å². The molecule has 6 heteroatoms. The molecule has 1 heterocycles. The minimum atomic E-state index is -0.0367. The number of benzene rings is 2. The number of fused-ring (bicyclic) bond motifs is 1. The van der Waals surface area contributed by atoms with Gasteiger partial charge in [0, 0.05) is 10.7 Å². The Hall–Kier alpha value is -1.95. The van der Waals surface area contributed by atoms with E-state index >= 15 is 0 Å². The highest BCUT2D eigenvalue weighted by molar-refractivity contribution is 7.18. The van der Waals surface area contributed by atoms with Crippen molar-refractivity contribution in [1.82, 2.24) is 4.98 Å². The van der Waals surface area contributed by atoms with Crippen LogP contribution < -0.4 is 10.2 Å². The maximum absolute atomic E-state index is 12.3. The van der Waals surface area contributed by atoms with Gasteiger partial charge in [-0.25, -0.2) is 4.98 Å². The lowest BCUT2D eigenvalue weighted by molar-refractivity contribution is -0.902. The highest BCUT2D eigenvalue weighted by atomic mass is 35.5. The fraction of sp³-hybridized carbons (Fsp3) is 0.263. The quantitative estimate of drug-likeness (QED) is 0.718. The van der Waals surface area contributed by atoms with Gasteiger partial charge in [0.25, 0.3) is 5.91 Å². The van der Waals surface area contributed by atoms with E-state index in [0.717, 1.165) is 26.7 Å². The van der Waals surface area contributed by atoms with Crippen molar-refractivity contribution in [3.63, 3.8) is 0 Å². The van der Waals surface area contributed by atoms with Gasteiger partial charge in [-0.15, -0.1) is 11.3 Å². The molecule has 0 aliphatic rings. The summed E-state index contributed by atoms with van der Waals surface area (Å²) < 4.78 is 1.18. The lowest BCUT2D eigenvalue weighted by Crippen LogP contribution is -3.10. The first-order chi connectivity index (χ1) is 11.9. The van der Waals surface area contributed by atoms with E-state index < -0.39 is 0 Å². The van der Waals surface area contributed by atoms with Gasteiger partial charge >= 0.3 is 0 Å². The second kappa shape index (κ2) is 7.52.